The molecule has 1 fully saturated rings. The summed E-state index contributed by atoms with van der Waals surface area (Å²) in [5.74, 6) is 1.44. The molecule has 2 aromatic carbocycles. The van der Waals surface area contributed by atoms with Crippen molar-refractivity contribution >= 4 is 17.3 Å². The predicted molar refractivity (Wildman–Crippen MR) is 130 cm³/mol. The topological polar surface area (TPSA) is 102 Å². The number of rotatable bonds is 8. The average molecular weight is 431 g/mol. The number of hydrogen-bond donors (Lipinski definition) is 4. The van der Waals surface area contributed by atoms with Gasteiger partial charge >= 0.3 is 0 Å². The van der Waals surface area contributed by atoms with Crippen LogP contribution in [0, 0.1) is 10.8 Å². The first-order valence-corrected chi connectivity index (χ1v) is 10.8. The zero-order valence-electron chi connectivity index (χ0n) is 18.6. The lowest BCUT2D eigenvalue weighted by atomic mass is 9.95. The van der Waals surface area contributed by atoms with Crippen LogP contribution in [0.5, 0.6) is 11.5 Å². The lowest BCUT2D eigenvalue weighted by Gasteiger charge is -2.18. The summed E-state index contributed by atoms with van der Waals surface area (Å²) in [5.41, 5.74) is 1.94. The summed E-state index contributed by atoms with van der Waals surface area (Å²) in [6.45, 7) is 7.27. The van der Waals surface area contributed by atoms with Crippen molar-refractivity contribution in [3.63, 3.8) is 0 Å². The van der Waals surface area contributed by atoms with Crippen LogP contribution < -0.4 is 10.1 Å². The Morgan fingerprint density at radius 1 is 1.03 bits per heavy atom. The Hall–Kier alpha value is -3.67. The van der Waals surface area contributed by atoms with E-state index in [1.807, 2.05) is 50.2 Å². The highest BCUT2D eigenvalue weighted by Gasteiger charge is 2.23. The Kier molecular flexibility index (Phi) is 7.60. The lowest BCUT2D eigenvalue weighted by Crippen LogP contribution is -2.32. The standard InChI is InChI=1S/C26H30N4O2/c1-17(2)23(26(29-18(3)31)30-20-11-7-8-12-20)25(28)24(27)19-10-9-15-22(16-19)32-21-13-5-4-6-14-21/h4-6,9-10,13-16,20,27-28,31H,3,7-8,11-12H2,1-2H3,(H,29,30). The fourth-order valence-electron chi connectivity index (χ4n) is 3.73. The molecule has 0 atom stereocenters. The number of nitrogens with one attached hydrogen (secondary N) is 3. The number of para-hydroxylation sites is 1. The number of aliphatic hydroxyl groups excluding tert-OH is 1. The van der Waals surface area contributed by atoms with Crippen LogP contribution >= 0.6 is 0 Å². The smallest absolute Gasteiger partial charge is 0.182 e. The van der Waals surface area contributed by atoms with E-state index >= 15 is 0 Å². The molecule has 166 valence electrons. The molecule has 4 N–H and O–H groups in total. The molecule has 3 rings (SSSR count). The average Bonchev–Trinajstić information content (AvgIpc) is 3.26. The van der Waals surface area contributed by atoms with E-state index in [2.05, 4.69) is 11.9 Å². The summed E-state index contributed by atoms with van der Waals surface area (Å²) >= 11 is 0. The van der Waals surface area contributed by atoms with Gasteiger partial charge in [-0.2, -0.15) is 0 Å². The first-order valence-electron chi connectivity index (χ1n) is 10.8. The van der Waals surface area contributed by atoms with E-state index < -0.39 is 0 Å². The van der Waals surface area contributed by atoms with Gasteiger partial charge in [0.25, 0.3) is 0 Å². The van der Waals surface area contributed by atoms with Crippen LogP contribution in [-0.4, -0.2) is 28.4 Å². The second-order valence-electron chi connectivity index (χ2n) is 8.06. The molecule has 0 radical (unpaired) electrons. The van der Waals surface area contributed by atoms with Crippen LogP contribution in [0.25, 0.3) is 0 Å². The first kappa shape index (κ1) is 23.0. The van der Waals surface area contributed by atoms with Crippen molar-refractivity contribution in [2.75, 3.05) is 0 Å². The Morgan fingerprint density at radius 2 is 1.69 bits per heavy atom. The molecule has 0 spiro atoms. The number of hydrogen-bond acceptors (Lipinski definition) is 5. The van der Waals surface area contributed by atoms with E-state index in [0.717, 1.165) is 31.3 Å². The number of ether oxygens (including phenoxy) is 1. The molecule has 6 nitrogen and oxygen atoms in total. The van der Waals surface area contributed by atoms with Crippen LogP contribution in [0.3, 0.4) is 0 Å². The summed E-state index contributed by atoms with van der Waals surface area (Å²) < 4.78 is 5.89. The minimum absolute atomic E-state index is 0.0207. The van der Waals surface area contributed by atoms with Crippen molar-refractivity contribution in [2.45, 2.75) is 45.6 Å². The summed E-state index contributed by atoms with van der Waals surface area (Å²) in [7, 11) is 0. The molecule has 0 heterocycles. The molecule has 1 aliphatic carbocycles. The predicted octanol–water partition coefficient (Wildman–Crippen LogP) is 6.16. The summed E-state index contributed by atoms with van der Waals surface area (Å²) in [6, 6.07) is 16.7. The first-order chi connectivity index (χ1) is 15.3. The summed E-state index contributed by atoms with van der Waals surface area (Å²) in [4.78, 5) is 4.77. The van der Waals surface area contributed by atoms with Crippen LogP contribution in [-0.2, 0) is 0 Å². The van der Waals surface area contributed by atoms with Crippen molar-refractivity contribution in [3.8, 4) is 11.5 Å². The van der Waals surface area contributed by atoms with Crippen LogP contribution in [0.4, 0.5) is 0 Å². The van der Waals surface area contributed by atoms with Crippen molar-refractivity contribution in [2.24, 2.45) is 4.99 Å². The third-order valence-electron chi connectivity index (χ3n) is 5.24. The molecule has 1 saturated carbocycles. The quantitative estimate of drug-likeness (QED) is 0.229. The third-order valence-corrected chi connectivity index (χ3v) is 5.24. The normalized spacial score (nSPS) is 14.0. The second kappa shape index (κ2) is 10.6. The molecular weight excluding hydrogens is 400 g/mol. The maximum Gasteiger partial charge on any atom is 0.182 e. The SMILES string of the molecule is C=C(O)NC(=NC1CCCC1)C(C(=N)C(=N)c1cccc(Oc2ccccc2)c1)=C(C)C. The van der Waals surface area contributed by atoms with Gasteiger partial charge in [-0.25, -0.2) is 0 Å². The largest absolute Gasteiger partial charge is 0.495 e. The van der Waals surface area contributed by atoms with Crippen LogP contribution in [0.2, 0.25) is 0 Å². The number of aliphatic imine (C=N–C) groups is 1. The van der Waals surface area contributed by atoms with Crippen LogP contribution in [0.15, 0.2) is 83.2 Å². The number of benzene rings is 2. The van der Waals surface area contributed by atoms with Gasteiger partial charge in [0.2, 0.25) is 0 Å². The fourth-order valence-corrected chi connectivity index (χ4v) is 3.73. The molecule has 2 aromatic rings. The van der Waals surface area contributed by atoms with E-state index in [9.17, 15) is 5.11 Å². The zero-order chi connectivity index (χ0) is 23.1. The minimum Gasteiger partial charge on any atom is -0.495 e. The molecule has 0 amide bonds. The maximum atomic E-state index is 9.79. The van der Waals surface area contributed by atoms with Crippen molar-refractivity contribution in [1.82, 2.24) is 5.32 Å². The summed E-state index contributed by atoms with van der Waals surface area (Å²) in [6.07, 6.45) is 4.19. The Labute approximate surface area is 189 Å². The number of nitrogens with zero attached hydrogens (tertiary/aromatic N) is 1. The summed E-state index contributed by atoms with van der Waals surface area (Å²) in [5, 5.41) is 30.1. The maximum absolute atomic E-state index is 9.79. The van der Waals surface area contributed by atoms with Gasteiger partial charge in [-0.15, -0.1) is 0 Å². The van der Waals surface area contributed by atoms with Gasteiger partial charge in [-0.1, -0.05) is 48.7 Å². The van der Waals surface area contributed by atoms with E-state index in [1.54, 1.807) is 18.2 Å². The van der Waals surface area contributed by atoms with Gasteiger partial charge in [0.05, 0.1) is 17.5 Å². The Bertz CT molecular complexity index is 1060. The number of allylic oxidation sites excluding steroid dienone is 1. The Morgan fingerprint density at radius 3 is 2.31 bits per heavy atom. The van der Waals surface area contributed by atoms with Gasteiger partial charge in [0.15, 0.2) is 5.88 Å². The molecule has 0 aliphatic heterocycles. The molecular formula is C26H30N4O2. The molecule has 0 unspecified atom stereocenters. The fraction of sp³-hybridized carbons (Fsp3) is 0.269. The molecule has 0 aromatic heterocycles. The van der Waals surface area contributed by atoms with Gasteiger partial charge in [0.1, 0.15) is 17.3 Å². The number of amidine groups is 1. The molecule has 6 heteroatoms. The van der Waals surface area contributed by atoms with E-state index in [4.69, 9.17) is 20.5 Å². The third kappa shape index (κ3) is 5.94. The molecule has 1 aliphatic rings. The molecule has 0 saturated heterocycles. The van der Waals surface area contributed by atoms with Gasteiger partial charge in [-0.3, -0.25) is 15.8 Å². The van der Waals surface area contributed by atoms with Gasteiger partial charge in [-0.05, 0) is 57.5 Å². The van der Waals surface area contributed by atoms with Gasteiger partial charge < -0.3 is 15.2 Å². The van der Waals surface area contributed by atoms with Gasteiger partial charge in [0, 0.05) is 11.1 Å². The minimum atomic E-state index is -0.238. The highest BCUT2D eigenvalue weighted by atomic mass is 16.5. The molecule has 32 heavy (non-hydrogen) atoms. The van der Waals surface area contributed by atoms with E-state index in [1.165, 1.54) is 0 Å². The molecule has 0 bridgehead atoms. The van der Waals surface area contributed by atoms with Crippen molar-refractivity contribution in [1.29, 1.82) is 10.8 Å². The zero-order valence-corrected chi connectivity index (χ0v) is 18.6. The number of aliphatic hydroxyl groups is 1. The monoisotopic (exact) mass is 430 g/mol. The van der Waals surface area contributed by atoms with E-state index in [-0.39, 0.29) is 23.3 Å². The lowest BCUT2D eigenvalue weighted by molar-refractivity contribution is 0.391. The van der Waals surface area contributed by atoms with Crippen LogP contribution in [0.1, 0.15) is 45.1 Å². The van der Waals surface area contributed by atoms with Crippen molar-refractivity contribution in [3.05, 3.63) is 83.8 Å². The van der Waals surface area contributed by atoms with E-state index in [0.29, 0.717) is 28.5 Å². The highest BCUT2D eigenvalue weighted by molar-refractivity contribution is 6.56. The highest BCUT2D eigenvalue weighted by Crippen LogP contribution is 2.24. The second-order valence-corrected chi connectivity index (χ2v) is 8.06. The van der Waals surface area contributed by atoms with Crippen molar-refractivity contribution < 1.29 is 9.84 Å². The Balaban J connectivity index is 1.89.